The van der Waals surface area contributed by atoms with Crippen LogP contribution in [0.2, 0.25) is 0 Å². The number of amides is 1. The molecule has 0 atom stereocenters. The lowest BCUT2D eigenvalue weighted by atomic mass is 10.0. The highest BCUT2D eigenvalue weighted by Gasteiger charge is 2.28. The Kier molecular flexibility index (Phi) is 7.04. The molecule has 1 saturated heterocycles. The highest BCUT2D eigenvalue weighted by Crippen LogP contribution is 2.34. The molecule has 5 rings (SSSR count). The maximum Gasteiger partial charge on any atom is 0.254 e. The first kappa shape index (κ1) is 23.7. The zero-order valence-corrected chi connectivity index (χ0v) is 20.5. The van der Waals surface area contributed by atoms with Crippen LogP contribution in [0.4, 0.5) is 5.88 Å². The molecule has 0 saturated carbocycles. The van der Waals surface area contributed by atoms with Crippen LogP contribution >= 0.6 is 0 Å². The molecule has 0 aliphatic carbocycles. The maximum absolute atomic E-state index is 13.8. The summed E-state index contributed by atoms with van der Waals surface area (Å²) in [5, 5.41) is 4.47. The molecular weight excluding hydrogens is 458 g/mol. The number of aromatic nitrogens is 1. The van der Waals surface area contributed by atoms with Gasteiger partial charge in [-0.2, -0.15) is 0 Å². The fraction of sp³-hybridized carbons (Fsp3) is 0.286. The van der Waals surface area contributed by atoms with Crippen molar-refractivity contribution in [1.82, 2.24) is 10.1 Å². The van der Waals surface area contributed by atoms with E-state index in [-0.39, 0.29) is 12.5 Å². The fourth-order valence-electron chi connectivity index (χ4n) is 4.40. The van der Waals surface area contributed by atoms with Crippen molar-refractivity contribution in [1.29, 1.82) is 0 Å². The van der Waals surface area contributed by atoms with Gasteiger partial charge in [0.05, 0.1) is 45.2 Å². The second-order valence-electron chi connectivity index (χ2n) is 8.76. The smallest absolute Gasteiger partial charge is 0.254 e. The van der Waals surface area contributed by atoms with Crippen LogP contribution in [-0.4, -0.2) is 49.4 Å². The van der Waals surface area contributed by atoms with Crippen LogP contribution in [0.3, 0.4) is 0 Å². The van der Waals surface area contributed by atoms with E-state index in [2.05, 4.69) is 16.1 Å². The van der Waals surface area contributed by atoms with Gasteiger partial charge in [-0.25, -0.2) is 0 Å². The van der Waals surface area contributed by atoms with Gasteiger partial charge < -0.3 is 28.2 Å². The van der Waals surface area contributed by atoms with Gasteiger partial charge in [0.1, 0.15) is 17.2 Å². The van der Waals surface area contributed by atoms with Crippen LogP contribution in [0.5, 0.6) is 5.75 Å². The van der Waals surface area contributed by atoms with Gasteiger partial charge in [-0.3, -0.25) is 4.79 Å². The SMILES string of the molecule is COc1cccc(C(=O)N(Cc2ccco2)Cc2c(-c3cccc(C)c3)noc2N2CCOCC2)c1. The van der Waals surface area contributed by atoms with Crippen LogP contribution in [0.1, 0.15) is 27.2 Å². The molecule has 36 heavy (non-hydrogen) atoms. The Balaban J connectivity index is 1.56. The van der Waals surface area contributed by atoms with Gasteiger partial charge in [0.25, 0.3) is 5.91 Å². The van der Waals surface area contributed by atoms with E-state index in [0.717, 1.165) is 22.4 Å². The van der Waals surface area contributed by atoms with Gasteiger partial charge in [0.15, 0.2) is 0 Å². The number of aryl methyl sites for hydroxylation is 1. The van der Waals surface area contributed by atoms with E-state index >= 15 is 0 Å². The van der Waals surface area contributed by atoms with Crippen LogP contribution in [0.25, 0.3) is 11.3 Å². The number of ether oxygens (including phenoxy) is 2. The summed E-state index contributed by atoms with van der Waals surface area (Å²) in [6, 6.07) is 19.0. The Bertz CT molecular complexity index is 1310. The second-order valence-corrected chi connectivity index (χ2v) is 8.76. The van der Waals surface area contributed by atoms with Gasteiger partial charge in [0.2, 0.25) is 5.88 Å². The van der Waals surface area contributed by atoms with Gasteiger partial charge in [-0.05, 0) is 43.3 Å². The van der Waals surface area contributed by atoms with Gasteiger partial charge in [-0.15, -0.1) is 0 Å². The first-order valence-electron chi connectivity index (χ1n) is 12.0. The summed E-state index contributed by atoms with van der Waals surface area (Å²) in [4.78, 5) is 17.7. The monoisotopic (exact) mass is 487 g/mol. The molecule has 1 fully saturated rings. The molecule has 186 valence electrons. The lowest BCUT2D eigenvalue weighted by molar-refractivity contribution is 0.0717. The van der Waals surface area contributed by atoms with E-state index < -0.39 is 0 Å². The molecule has 2 aromatic carbocycles. The minimum absolute atomic E-state index is 0.144. The molecule has 2 aromatic heterocycles. The molecule has 0 bridgehead atoms. The number of rotatable bonds is 8. The quantitative estimate of drug-likeness (QED) is 0.349. The zero-order chi connectivity index (χ0) is 24.9. The summed E-state index contributed by atoms with van der Waals surface area (Å²) in [5.41, 5.74) is 4.17. The van der Waals surface area contributed by atoms with E-state index in [4.69, 9.17) is 18.4 Å². The molecule has 0 N–H and O–H groups in total. The number of nitrogens with zero attached hydrogens (tertiary/aromatic N) is 3. The zero-order valence-electron chi connectivity index (χ0n) is 20.5. The molecule has 1 amide bonds. The largest absolute Gasteiger partial charge is 0.497 e. The van der Waals surface area contributed by atoms with Crippen LogP contribution < -0.4 is 9.64 Å². The summed E-state index contributed by atoms with van der Waals surface area (Å²) in [5.74, 6) is 1.83. The minimum Gasteiger partial charge on any atom is -0.497 e. The molecule has 4 aromatic rings. The van der Waals surface area contributed by atoms with Gasteiger partial charge >= 0.3 is 0 Å². The van der Waals surface area contributed by atoms with Crippen LogP contribution in [-0.2, 0) is 17.8 Å². The highest BCUT2D eigenvalue weighted by molar-refractivity contribution is 5.94. The number of hydrogen-bond acceptors (Lipinski definition) is 7. The first-order valence-corrected chi connectivity index (χ1v) is 12.0. The number of methoxy groups -OCH3 is 1. The third-order valence-corrected chi connectivity index (χ3v) is 6.24. The van der Waals surface area contributed by atoms with Gasteiger partial charge in [-0.1, -0.05) is 35.0 Å². The molecule has 0 radical (unpaired) electrons. The van der Waals surface area contributed by atoms with Crippen molar-refractivity contribution < 1.29 is 23.2 Å². The summed E-state index contributed by atoms with van der Waals surface area (Å²) in [7, 11) is 1.59. The summed E-state index contributed by atoms with van der Waals surface area (Å²) < 4.78 is 22.4. The summed E-state index contributed by atoms with van der Waals surface area (Å²) in [6.07, 6.45) is 1.61. The van der Waals surface area contributed by atoms with Crippen molar-refractivity contribution in [2.24, 2.45) is 0 Å². The molecular formula is C28H29N3O5. The standard InChI is InChI=1S/C28H29N3O5/c1-20-6-3-7-21(16-20)26-25(28(36-29-26)30-11-14-34-15-12-30)19-31(18-24-10-5-13-35-24)27(32)22-8-4-9-23(17-22)33-2/h3-10,13,16-17H,11-12,14-15,18-19H2,1-2H3. The summed E-state index contributed by atoms with van der Waals surface area (Å²) >= 11 is 0. The Morgan fingerprint density at radius 2 is 1.89 bits per heavy atom. The van der Waals surface area contributed by atoms with Crippen molar-refractivity contribution in [3.05, 3.63) is 89.4 Å². The normalized spacial score (nSPS) is 13.6. The number of carbonyl (C=O) groups excluding carboxylic acids is 1. The molecule has 3 heterocycles. The van der Waals surface area contributed by atoms with Crippen molar-refractivity contribution in [2.45, 2.75) is 20.0 Å². The van der Waals surface area contributed by atoms with Crippen LogP contribution in [0.15, 0.2) is 75.9 Å². The van der Waals surface area contributed by atoms with Crippen molar-refractivity contribution in [3.8, 4) is 17.0 Å². The number of carbonyl (C=O) groups is 1. The topological polar surface area (TPSA) is 81.2 Å². The predicted octanol–water partition coefficient (Wildman–Crippen LogP) is 4.93. The molecule has 1 aliphatic heterocycles. The van der Waals surface area contributed by atoms with E-state index in [9.17, 15) is 4.79 Å². The maximum atomic E-state index is 13.8. The lowest BCUT2D eigenvalue weighted by Gasteiger charge is -2.28. The second kappa shape index (κ2) is 10.7. The number of benzene rings is 2. The van der Waals surface area contributed by atoms with E-state index in [1.54, 1.807) is 30.4 Å². The fourth-order valence-corrected chi connectivity index (χ4v) is 4.40. The Morgan fingerprint density at radius 3 is 2.64 bits per heavy atom. The average molecular weight is 488 g/mol. The van der Waals surface area contributed by atoms with E-state index in [1.807, 2.05) is 49.4 Å². The Labute approximate surface area is 210 Å². The molecule has 1 aliphatic rings. The molecule has 0 spiro atoms. The third kappa shape index (κ3) is 5.13. The van der Waals surface area contributed by atoms with E-state index in [1.165, 1.54) is 0 Å². The van der Waals surface area contributed by atoms with Crippen molar-refractivity contribution in [3.63, 3.8) is 0 Å². The van der Waals surface area contributed by atoms with Crippen molar-refractivity contribution in [2.75, 3.05) is 38.3 Å². The molecule has 0 unspecified atom stereocenters. The predicted molar refractivity (Wildman–Crippen MR) is 135 cm³/mol. The van der Waals surface area contributed by atoms with Crippen LogP contribution in [0, 0.1) is 6.92 Å². The number of morpholine rings is 1. The van der Waals surface area contributed by atoms with Crippen molar-refractivity contribution >= 4 is 11.8 Å². The minimum atomic E-state index is -0.144. The number of anilines is 1. The Hall–Kier alpha value is -4.04. The van der Waals surface area contributed by atoms with E-state index in [0.29, 0.717) is 55.8 Å². The first-order chi connectivity index (χ1) is 17.6. The Morgan fingerprint density at radius 1 is 1.06 bits per heavy atom. The number of furan rings is 1. The van der Waals surface area contributed by atoms with Gasteiger partial charge in [0, 0.05) is 24.2 Å². The third-order valence-electron chi connectivity index (χ3n) is 6.24. The molecule has 8 nitrogen and oxygen atoms in total. The lowest BCUT2D eigenvalue weighted by Crippen LogP contribution is -2.37. The molecule has 8 heteroatoms. The number of hydrogen-bond donors (Lipinski definition) is 0. The summed E-state index contributed by atoms with van der Waals surface area (Å²) in [6.45, 7) is 5.23. The highest BCUT2D eigenvalue weighted by atomic mass is 16.5. The average Bonchev–Trinajstić information content (AvgIpc) is 3.58.